The first-order chi connectivity index (χ1) is 9.15. The van der Waals surface area contributed by atoms with Crippen molar-refractivity contribution in [3.8, 4) is 0 Å². The molecule has 0 aliphatic carbocycles. The first-order valence-corrected chi connectivity index (χ1v) is 6.26. The first kappa shape index (κ1) is 13.1. The summed E-state index contributed by atoms with van der Waals surface area (Å²) in [6.45, 7) is 4.04. The highest BCUT2D eigenvalue weighted by Gasteiger charge is 1.98. The van der Waals surface area contributed by atoms with Crippen LogP contribution < -0.4 is 5.32 Å². The van der Waals surface area contributed by atoms with Crippen LogP contribution in [0.15, 0.2) is 54.6 Å². The van der Waals surface area contributed by atoms with E-state index in [2.05, 4.69) is 5.32 Å². The molecule has 0 unspecified atom stereocenters. The molecule has 0 saturated carbocycles. The van der Waals surface area contributed by atoms with Crippen LogP contribution in [-0.4, -0.2) is 5.91 Å². The van der Waals surface area contributed by atoms with E-state index in [1.807, 2.05) is 68.5 Å². The molecule has 0 aliphatic rings. The van der Waals surface area contributed by atoms with Gasteiger partial charge in [-0.05, 0) is 43.2 Å². The van der Waals surface area contributed by atoms with Crippen LogP contribution in [0, 0.1) is 13.8 Å². The van der Waals surface area contributed by atoms with Crippen LogP contribution in [0.5, 0.6) is 0 Å². The number of rotatable bonds is 3. The lowest BCUT2D eigenvalue weighted by Crippen LogP contribution is -2.07. The van der Waals surface area contributed by atoms with E-state index in [9.17, 15) is 4.79 Å². The van der Waals surface area contributed by atoms with Crippen LogP contribution in [-0.2, 0) is 4.79 Å². The van der Waals surface area contributed by atoms with Gasteiger partial charge >= 0.3 is 0 Å². The zero-order chi connectivity index (χ0) is 13.7. The maximum absolute atomic E-state index is 11.8. The van der Waals surface area contributed by atoms with E-state index >= 15 is 0 Å². The number of amides is 1. The maximum Gasteiger partial charge on any atom is 0.248 e. The van der Waals surface area contributed by atoms with Gasteiger partial charge < -0.3 is 5.32 Å². The second kappa shape index (κ2) is 6.01. The Bertz CT molecular complexity index is 597. The summed E-state index contributed by atoms with van der Waals surface area (Å²) >= 11 is 0. The number of anilines is 1. The number of aryl methyl sites for hydroxylation is 2. The van der Waals surface area contributed by atoms with Gasteiger partial charge in [0.2, 0.25) is 5.91 Å². The Hall–Kier alpha value is -2.35. The quantitative estimate of drug-likeness (QED) is 0.822. The van der Waals surface area contributed by atoms with Crippen LogP contribution in [0.1, 0.15) is 16.7 Å². The van der Waals surface area contributed by atoms with Gasteiger partial charge in [-0.3, -0.25) is 4.79 Å². The van der Waals surface area contributed by atoms with Crippen molar-refractivity contribution in [1.82, 2.24) is 0 Å². The van der Waals surface area contributed by atoms with Crippen molar-refractivity contribution < 1.29 is 4.79 Å². The molecular weight excluding hydrogens is 234 g/mol. The van der Waals surface area contributed by atoms with E-state index in [4.69, 9.17) is 0 Å². The number of carbonyl (C=O) groups excluding carboxylic acids is 1. The minimum absolute atomic E-state index is 0.118. The average Bonchev–Trinajstić information content (AvgIpc) is 2.40. The Morgan fingerprint density at radius 3 is 2.37 bits per heavy atom. The molecule has 0 aliphatic heterocycles. The van der Waals surface area contributed by atoms with E-state index in [-0.39, 0.29) is 5.91 Å². The second-order valence-corrected chi connectivity index (χ2v) is 4.55. The van der Waals surface area contributed by atoms with Gasteiger partial charge in [0.25, 0.3) is 0 Å². The molecule has 2 nitrogen and oxygen atoms in total. The fourth-order valence-electron chi connectivity index (χ4n) is 1.76. The fraction of sp³-hybridized carbons (Fsp3) is 0.118. The van der Waals surface area contributed by atoms with Crippen molar-refractivity contribution in [2.45, 2.75) is 13.8 Å². The van der Waals surface area contributed by atoms with Crippen molar-refractivity contribution in [3.63, 3.8) is 0 Å². The maximum atomic E-state index is 11.8. The van der Waals surface area contributed by atoms with Crippen LogP contribution in [0.4, 0.5) is 5.69 Å². The van der Waals surface area contributed by atoms with Crippen LogP contribution in [0.2, 0.25) is 0 Å². The van der Waals surface area contributed by atoms with Gasteiger partial charge in [-0.1, -0.05) is 42.0 Å². The van der Waals surface area contributed by atoms with Crippen LogP contribution >= 0.6 is 0 Å². The standard InChI is InChI=1S/C17H17NO/c1-13-7-10-16(11-8-13)18-17(19)12-9-15-6-4-3-5-14(15)2/h3-12H,1-2H3,(H,18,19)/b12-9+. The number of benzene rings is 2. The van der Waals surface area contributed by atoms with Gasteiger partial charge in [-0.25, -0.2) is 0 Å². The van der Waals surface area contributed by atoms with Crippen molar-refractivity contribution in [2.75, 3.05) is 5.32 Å². The molecule has 2 heteroatoms. The SMILES string of the molecule is Cc1ccc(NC(=O)/C=C/c2ccccc2C)cc1. The van der Waals surface area contributed by atoms with E-state index in [0.717, 1.165) is 16.8 Å². The third-order valence-electron chi connectivity index (χ3n) is 2.92. The zero-order valence-electron chi connectivity index (χ0n) is 11.2. The Balaban J connectivity index is 2.02. The largest absolute Gasteiger partial charge is 0.323 e. The molecule has 19 heavy (non-hydrogen) atoms. The number of carbonyl (C=O) groups is 1. The van der Waals surface area contributed by atoms with Crippen molar-refractivity contribution >= 4 is 17.7 Å². The van der Waals surface area contributed by atoms with E-state index < -0.39 is 0 Å². The molecule has 2 aromatic carbocycles. The molecule has 96 valence electrons. The monoisotopic (exact) mass is 251 g/mol. The minimum atomic E-state index is -0.118. The highest BCUT2D eigenvalue weighted by molar-refractivity contribution is 6.02. The summed E-state index contributed by atoms with van der Waals surface area (Å²) in [7, 11) is 0. The molecule has 0 saturated heterocycles. The molecule has 2 rings (SSSR count). The average molecular weight is 251 g/mol. The molecular formula is C17H17NO. The van der Waals surface area contributed by atoms with Crippen LogP contribution in [0.25, 0.3) is 6.08 Å². The van der Waals surface area contributed by atoms with E-state index in [1.165, 1.54) is 5.56 Å². The van der Waals surface area contributed by atoms with Gasteiger partial charge in [0, 0.05) is 11.8 Å². The molecule has 0 heterocycles. The number of hydrogen-bond acceptors (Lipinski definition) is 1. The minimum Gasteiger partial charge on any atom is -0.323 e. The predicted molar refractivity (Wildman–Crippen MR) is 80.0 cm³/mol. The summed E-state index contributed by atoms with van der Waals surface area (Å²) in [5.74, 6) is -0.118. The predicted octanol–water partition coefficient (Wildman–Crippen LogP) is 3.96. The summed E-state index contributed by atoms with van der Waals surface area (Å²) in [4.78, 5) is 11.8. The molecule has 0 bridgehead atoms. The van der Waals surface area contributed by atoms with Gasteiger partial charge in [0.15, 0.2) is 0 Å². The topological polar surface area (TPSA) is 29.1 Å². The summed E-state index contributed by atoms with van der Waals surface area (Å²) < 4.78 is 0. The van der Waals surface area contributed by atoms with Crippen molar-refractivity contribution in [1.29, 1.82) is 0 Å². The first-order valence-electron chi connectivity index (χ1n) is 6.26. The molecule has 0 atom stereocenters. The summed E-state index contributed by atoms with van der Waals surface area (Å²) in [6.07, 6.45) is 3.39. The lowest BCUT2D eigenvalue weighted by molar-refractivity contribution is -0.111. The molecule has 0 radical (unpaired) electrons. The smallest absolute Gasteiger partial charge is 0.248 e. The van der Waals surface area contributed by atoms with E-state index in [0.29, 0.717) is 0 Å². The van der Waals surface area contributed by atoms with Crippen molar-refractivity contribution in [3.05, 3.63) is 71.3 Å². The highest BCUT2D eigenvalue weighted by atomic mass is 16.1. The zero-order valence-corrected chi connectivity index (χ0v) is 11.2. The molecule has 1 amide bonds. The number of hydrogen-bond donors (Lipinski definition) is 1. The molecule has 0 fully saturated rings. The fourth-order valence-corrected chi connectivity index (χ4v) is 1.76. The Kier molecular flexibility index (Phi) is 4.14. The Labute approximate surface area is 113 Å². The van der Waals surface area contributed by atoms with Gasteiger partial charge in [0.1, 0.15) is 0 Å². The summed E-state index contributed by atoms with van der Waals surface area (Å²) in [5.41, 5.74) is 4.20. The Morgan fingerprint density at radius 1 is 1.00 bits per heavy atom. The molecule has 0 aromatic heterocycles. The summed E-state index contributed by atoms with van der Waals surface area (Å²) in [6, 6.07) is 15.7. The highest BCUT2D eigenvalue weighted by Crippen LogP contribution is 2.10. The van der Waals surface area contributed by atoms with Gasteiger partial charge in [0.05, 0.1) is 0 Å². The second-order valence-electron chi connectivity index (χ2n) is 4.55. The molecule has 2 aromatic rings. The van der Waals surface area contributed by atoms with Gasteiger partial charge in [-0.15, -0.1) is 0 Å². The van der Waals surface area contributed by atoms with Crippen LogP contribution in [0.3, 0.4) is 0 Å². The normalized spacial score (nSPS) is 10.6. The van der Waals surface area contributed by atoms with Gasteiger partial charge in [-0.2, -0.15) is 0 Å². The lowest BCUT2D eigenvalue weighted by Gasteiger charge is -2.02. The van der Waals surface area contributed by atoms with Crippen molar-refractivity contribution in [2.24, 2.45) is 0 Å². The summed E-state index contributed by atoms with van der Waals surface area (Å²) in [5, 5.41) is 2.83. The Morgan fingerprint density at radius 2 is 1.68 bits per heavy atom. The molecule has 1 N–H and O–H groups in total. The molecule has 0 spiro atoms. The number of nitrogens with one attached hydrogen (secondary N) is 1. The lowest BCUT2D eigenvalue weighted by atomic mass is 10.1. The third-order valence-corrected chi connectivity index (χ3v) is 2.92. The van der Waals surface area contributed by atoms with E-state index in [1.54, 1.807) is 6.08 Å². The third kappa shape index (κ3) is 3.81.